The van der Waals surface area contributed by atoms with E-state index >= 15 is 0 Å². The molecule has 0 aliphatic carbocycles. The number of rotatable bonds is 4. The molecule has 0 radical (unpaired) electrons. The van der Waals surface area contributed by atoms with E-state index in [9.17, 15) is 4.79 Å². The van der Waals surface area contributed by atoms with Gasteiger partial charge in [0, 0.05) is 23.2 Å². The number of carboxylic acid groups (broad SMARTS) is 1. The molecular weight excluding hydrogens is 290 g/mol. The zero-order valence-corrected chi connectivity index (χ0v) is 11.7. The summed E-state index contributed by atoms with van der Waals surface area (Å²) in [6.07, 6.45) is 0. The lowest BCUT2D eigenvalue weighted by Crippen LogP contribution is -2.02. The number of carbonyl (C=O) groups is 1. The normalized spacial score (nSPS) is 10.7. The Morgan fingerprint density at radius 3 is 2.81 bits per heavy atom. The number of anilines is 1. The van der Waals surface area contributed by atoms with Gasteiger partial charge in [-0.05, 0) is 35.9 Å². The van der Waals surface area contributed by atoms with Crippen LogP contribution in [0.4, 0.5) is 5.69 Å². The Labute approximate surface area is 126 Å². The van der Waals surface area contributed by atoms with E-state index in [4.69, 9.17) is 21.1 Å². The quantitative estimate of drug-likeness (QED) is 0.750. The van der Waals surface area contributed by atoms with Gasteiger partial charge in [0.1, 0.15) is 5.58 Å². The minimum atomic E-state index is -0.953. The molecule has 0 aliphatic rings. The molecule has 1 heterocycles. The van der Waals surface area contributed by atoms with Crippen molar-refractivity contribution < 1.29 is 14.3 Å². The topological polar surface area (TPSA) is 62.5 Å². The van der Waals surface area contributed by atoms with E-state index in [0.29, 0.717) is 11.8 Å². The van der Waals surface area contributed by atoms with Crippen LogP contribution in [-0.4, -0.2) is 11.1 Å². The summed E-state index contributed by atoms with van der Waals surface area (Å²) in [4.78, 5) is 11.0. The number of carboxylic acids is 1. The van der Waals surface area contributed by atoms with Crippen LogP contribution in [0.5, 0.6) is 0 Å². The van der Waals surface area contributed by atoms with Crippen molar-refractivity contribution in [3.63, 3.8) is 0 Å². The first-order valence-electron chi connectivity index (χ1n) is 6.38. The van der Waals surface area contributed by atoms with Crippen molar-refractivity contribution in [2.75, 3.05) is 5.32 Å². The zero-order valence-electron chi connectivity index (χ0n) is 11.0. The Morgan fingerprint density at radius 1 is 1.19 bits per heavy atom. The summed E-state index contributed by atoms with van der Waals surface area (Å²) in [5, 5.41) is 13.4. The standard InChI is InChI=1S/C16H12ClNO3/c17-15-13(12-6-1-2-7-14(12)21-15)9-18-11-5-3-4-10(8-11)16(19)20/h1-8,18H,9H2,(H,19,20). The lowest BCUT2D eigenvalue weighted by molar-refractivity contribution is 0.0697. The minimum Gasteiger partial charge on any atom is -0.478 e. The summed E-state index contributed by atoms with van der Waals surface area (Å²) in [7, 11) is 0. The molecule has 106 valence electrons. The molecule has 0 unspecified atom stereocenters. The van der Waals surface area contributed by atoms with E-state index < -0.39 is 5.97 Å². The summed E-state index contributed by atoms with van der Waals surface area (Å²) in [6, 6.07) is 14.2. The smallest absolute Gasteiger partial charge is 0.335 e. The van der Waals surface area contributed by atoms with Gasteiger partial charge in [-0.1, -0.05) is 24.3 Å². The molecule has 0 amide bonds. The summed E-state index contributed by atoms with van der Waals surface area (Å²) < 4.78 is 5.48. The molecule has 2 N–H and O–H groups in total. The molecule has 0 spiro atoms. The fourth-order valence-electron chi connectivity index (χ4n) is 2.19. The Kier molecular flexibility index (Phi) is 3.54. The van der Waals surface area contributed by atoms with Crippen LogP contribution in [0.2, 0.25) is 5.22 Å². The van der Waals surface area contributed by atoms with Crippen LogP contribution >= 0.6 is 11.6 Å². The van der Waals surface area contributed by atoms with Crippen LogP contribution in [0.25, 0.3) is 11.0 Å². The van der Waals surface area contributed by atoms with Crippen LogP contribution in [0.15, 0.2) is 52.9 Å². The molecule has 0 bridgehead atoms. The lowest BCUT2D eigenvalue weighted by atomic mass is 10.1. The van der Waals surface area contributed by atoms with E-state index in [2.05, 4.69) is 5.32 Å². The molecule has 0 saturated heterocycles. The van der Waals surface area contributed by atoms with Gasteiger partial charge in [0.2, 0.25) is 0 Å². The van der Waals surface area contributed by atoms with Gasteiger partial charge in [-0.2, -0.15) is 0 Å². The maximum atomic E-state index is 11.0. The third-order valence-electron chi connectivity index (χ3n) is 3.23. The summed E-state index contributed by atoms with van der Waals surface area (Å²) in [6.45, 7) is 0.457. The van der Waals surface area contributed by atoms with E-state index in [1.54, 1.807) is 18.2 Å². The largest absolute Gasteiger partial charge is 0.478 e. The second-order valence-electron chi connectivity index (χ2n) is 4.59. The highest BCUT2D eigenvalue weighted by molar-refractivity contribution is 6.30. The monoisotopic (exact) mass is 301 g/mol. The molecule has 3 aromatic rings. The van der Waals surface area contributed by atoms with Gasteiger partial charge in [0.15, 0.2) is 5.22 Å². The minimum absolute atomic E-state index is 0.239. The van der Waals surface area contributed by atoms with Gasteiger partial charge < -0.3 is 14.8 Å². The van der Waals surface area contributed by atoms with Crippen molar-refractivity contribution in [1.82, 2.24) is 0 Å². The van der Waals surface area contributed by atoms with Crippen LogP contribution in [0.1, 0.15) is 15.9 Å². The number of halogens is 1. The number of benzene rings is 2. The Bertz CT molecular complexity index is 810. The number of fused-ring (bicyclic) bond motifs is 1. The van der Waals surface area contributed by atoms with E-state index in [-0.39, 0.29) is 5.56 Å². The predicted molar refractivity (Wildman–Crippen MR) is 82.0 cm³/mol. The Morgan fingerprint density at radius 2 is 2.00 bits per heavy atom. The predicted octanol–water partition coefficient (Wildman–Crippen LogP) is 4.40. The number of furan rings is 1. The van der Waals surface area contributed by atoms with Gasteiger partial charge in [0.25, 0.3) is 0 Å². The molecule has 0 saturated carbocycles. The summed E-state index contributed by atoms with van der Waals surface area (Å²) in [5.74, 6) is -0.953. The first-order chi connectivity index (χ1) is 10.1. The summed E-state index contributed by atoms with van der Waals surface area (Å²) >= 11 is 6.11. The first kappa shape index (κ1) is 13.5. The molecule has 0 aliphatic heterocycles. The number of para-hydroxylation sites is 1. The molecule has 1 aromatic heterocycles. The second kappa shape index (κ2) is 5.50. The fourth-order valence-corrected chi connectivity index (χ4v) is 2.44. The number of hydrogen-bond acceptors (Lipinski definition) is 3. The van der Waals surface area contributed by atoms with Gasteiger partial charge >= 0.3 is 5.97 Å². The highest BCUT2D eigenvalue weighted by Gasteiger charge is 2.12. The SMILES string of the molecule is O=C(O)c1cccc(NCc2c(Cl)oc3ccccc23)c1. The molecule has 0 atom stereocenters. The number of aromatic carboxylic acids is 1. The Hall–Kier alpha value is -2.46. The van der Waals surface area contributed by atoms with Gasteiger partial charge in [-0.25, -0.2) is 4.79 Å². The molecule has 2 aromatic carbocycles. The maximum Gasteiger partial charge on any atom is 0.335 e. The van der Waals surface area contributed by atoms with Crippen LogP contribution in [0, 0.1) is 0 Å². The van der Waals surface area contributed by atoms with Crippen molar-refractivity contribution in [2.45, 2.75) is 6.54 Å². The zero-order chi connectivity index (χ0) is 14.8. The highest BCUT2D eigenvalue weighted by Crippen LogP contribution is 2.30. The van der Waals surface area contributed by atoms with Crippen LogP contribution in [-0.2, 0) is 6.54 Å². The average Bonchev–Trinajstić information content (AvgIpc) is 2.81. The van der Waals surface area contributed by atoms with Gasteiger partial charge in [-0.3, -0.25) is 0 Å². The Balaban J connectivity index is 1.85. The van der Waals surface area contributed by atoms with Gasteiger partial charge in [-0.15, -0.1) is 0 Å². The molecule has 4 nitrogen and oxygen atoms in total. The third-order valence-corrected chi connectivity index (χ3v) is 3.53. The lowest BCUT2D eigenvalue weighted by Gasteiger charge is -2.06. The second-order valence-corrected chi connectivity index (χ2v) is 4.93. The van der Waals surface area contributed by atoms with Crippen molar-refractivity contribution in [1.29, 1.82) is 0 Å². The van der Waals surface area contributed by atoms with E-state index in [1.807, 2.05) is 30.3 Å². The summed E-state index contributed by atoms with van der Waals surface area (Å²) in [5.41, 5.74) is 2.55. The highest BCUT2D eigenvalue weighted by atomic mass is 35.5. The molecule has 3 rings (SSSR count). The van der Waals surface area contributed by atoms with E-state index in [0.717, 1.165) is 22.2 Å². The molecular formula is C16H12ClNO3. The molecule has 21 heavy (non-hydrogen) atoms. The number of hydrogen-bond donors (Lipinski definition) is 2. The molecule has 5 heteroatoms. The number of nitrogens with one attached hydrogen (secondary N) is 1. The average molecular weight is 302 g/mol. The maximum absolute atomic E-state index is 11.0. The third kappa shape index (κ3) is 2.71. The van der Waals surface area contributed by atoms with Crippen molar-refractivity contribution >= 4 is 34.2 Å². The van der Waals surface area contributed by atoms with Crippen LogP contribution in [0.3, 0.4) is 0 Å². The molecule has 0 fully saturated rings. The van der Waals surface area contributed by atoms with Crippen molar-refractivity contribution in [3.05, 3.63) is 64.9 Å². The first-order valence-corrected chi connectivity index (χ1v) is 6.76. The van der Waals surface area contributed by atoms with Crippen molar-refractivity contribution in [2.24, 2.45) is 0 Å². The van der Waals surface area contributed by atoms with Crippen LogP contribution < -0.4 is 5.32 Å². The fraction of sp³-hybridized carbons (Fsp3) is 0.0625. The van der Waals surface area contributed by atoms with E-state index in [1.165, 1.54) is 0 Å². The van der Waals surface area contributed by atoms with Crippen molar-refractivity contribution in [3.8, 4) is 0 Å². The van der Waals surface area contributed by atoms with Gasteiger partial charge in [0.05, 0.1) is 5.56 Å².